The monoisotopic (exact) mass is 364 g/mol. The molecule has 24 heavy (non-hydrogen) atoms. The number of hydrogen-bond donors (Lipinski definition) is 1. The Morgan fingerprint density at radius 2 is 1.71 bits per heavy atom. The Balaban J connectivity index is 1.87. The van der Waals surface area contributed by atoms with Crippen LogP contribution in [-0.2, 0) is 28.0 Å². The molecule has 0 unspecified atom stereocenters. The van der Waals surface area contributed by atoms with E-state index in [9.17, 15) is 9.67 Å². The van der Waals surface area contributed by atoms with Crippen molar-refractivity contribution in [2.45, 2.75) is 89.3 Å². The average molecular weight is 364 g/mol. The molecule has 0 saturated carbocycles. The zero-order chi connectivity index (χ0) is 17.8. The number of hydrogen-bond acceptors (Lipinski definition) is 7. The Morgan fingerprint density at radius 1 is 1.04 bits per heavy atom. The molecule has 0 aromatic heterocycles. The molecule has 0 amide bonds. The van der Waals surface area contributed by atoms with Crippen LogP contribution in [0.25, 0.3) is 0 Å². The van der Waals surface area contributed by atoms with Crippen LogP contribution in [-0.4, -0.2) is 59.7 Å². The summed E-state index contributed by atoms with van der Waals surface area (Å²) < 4.78 is 42.6. The van der Waals surface area contributed by atoms with Gasteiger partial charge < -0.3 is 28.6 Å². The molecule has 7 nitrogen and oxygen atoms in total. The molecular formula is C16H29O7P. The highest BCUT2D eigenvalue weighted by Crippen LogP contribution is 2.61. The Labute approximate surface area is 143 Å². The highest BCUT2D eigenvalue weighted by Gasteiger charge is 2.61. The topological polar surface area (TPSA) is 83.5 Å². The molecule has 3 heterocycles. The van der Waals surface area contributed by atoms with Gasteiger partial charge in [0.1, 0.15) is 24.4 Å². The maximum atomic E-state index is 13.3. The molecule has 3 rings (SSSR count). The first-order chi connectivity index (χ1) is 11.1. The number of aliphatic hydroxyl groups excluding tert-OH is 1. The van der Waals surface area contributed by atoms with Crippen LogP contribution in [0.3, 0.4) is 0 Å². The maximum Gasteiger partial charge on any atom is 0.233 e. The summed E-state index contributed by atoms with van der Waals surface area (Å²) in [5, 5.41) is 10.7. The highest BCUT2D eigenvalue weighted by atomic mass is 31.2. The van der Waals surface area contributed by atoms with Gasteiger partial charge in [-0.25, -0.2) is 0 Å². The van der Waals surface area contributed by atoms with Crippen molar-refractivity contribution in [3.8, 4) is 0 Å². The Morgan fingerprint density at radius 3 is 2.29 bits per heavy atom. The van der Waals surface area contributed by atoms with Crippen LogP contribution in [0.15, 0.2) is 0 Å². The van der Waals surface area contributed by atoms with E-state index in [-0.39, 0.29) is 0 Å². The molecule has 0 bridgehead atoms. The SMILES string of the molecule is CCCC[P@@]1(=O)O[C@H]([C@H]2COC(C)(C)O2)[C@@H]2OC(C)(C)O[C@@H]2[C@@H]1O. The molecule has 140 valence electrons. The Hall–Kier alpha value is -0.0100. The normalized spacial score (nSPS) is 46.8. The van der Waals surface area contributed by atoms with E-state index < -0.39 is 49.2 Å². The lowest BCUT2D eigenvalue weighted by atomic mass is 10.0. The van der Waals surface area contributed by atoms with Crippen LogP contribution < -0.4 is 0 Å². The first-order valence-corrected chi connectivity index (χ1v) is 10.6. The second-order valence-electron chi connectivity index (χ2n) is 7.72. The Bertz CT molecular complexity index is 521. The van der Waals surface area contributed by atoms with E-state index in [0.717, 1.165) is 12.8 Å². The highest BCUT2D eigenvalue weighted by molar-refractivity contribution is 7.59. The van der Waals surface area contributed by atoms with Crippen molar-refractivity contribution in [2.75, 3.05) is 12.8 Å². The van der Waals surface area contributed by atoms with Gasteiger partial charge in [-0.05, 0) is 34.1 Å². The summed E-state index contributed by atoms with van der Waals surface area (Å²) in [6.45, 7) is 9.56. The summed E-state index contributed by atoms with van der Waals surface area (Å²) in [6, 6.07) is 0. The first kappa shape index (κ1) is 18.8. The molecule has 1 N–H and O–H groups in total. The van der Waals surface area contributed by atoms with Crippen molar-refractivity contribution in [2.24, 2.45) is 0 Å². The Kier molecular flexibility index (Phi) is 4.93. The molecule has 8 heteroatoms. The summed E-state index contributed by atoms with van der Waals surface area (Å²) in [5.74, 6) is -2.77. The molecule has 0 aromatic carbocycles. The van der Waals surface area contributed by atoms with E-state index in [0.29, 0.717) is 12.8 Å². The van der Waals surface area contributed by atoms with Gasteiger partial charge in [-0.3, -0.25) is 4.57 Å². The number of aliphatic hydroxyl groups is 1. The zero-order valence-corrected chi connectivity index (χ0v) is 16.0. The standard InChI is InChI=1S/C16H29O7P/c1-6-7-8-24(18)14(17)13-12(21-16(4,5)22-13)11(23-24)10-9-19-15(2,3)20-10/h10-14,17H,6-9H2,1-5H3/t10-,11-,12+,13+,14-,24-/m1/s1. The largest absolute Gasteiger partial charge is 0.380 e. The molecule has 3 saturated heterocycles. The molecule has 3 aliphatic rings. The van der Waals surface area contributed by atoms with Gasteiger partial charge in [0.05, 0.1) is 6.61 Å². The number of fused-ring (bicyclic) bond motifs is 1. The number of ether oxygens (including phenoxy) is 4. The fourth-order valence-corrected chi connectivity index (χ4v) is 6.17. The summed E-state index contributed by atoms with van der Waals surface area (Å²) >= 11 is 0. The van der Waals surface area contributed by atoms with Gasteiger partial charge in [0, 0.05) is 6.16 Å². The van der Waals surface area contributed by atoms with Crippen LogP contribution in [0.2, 0.25) is 0 Å². The fourth-order valence-electron chi connectivity index (χ4n) is 3.57. The van der Waals surface area contributed by atoms with Gasteiger partial charge in [-0.1, -0.05) is 13.3 Å². The van der Waals surface area contributed by atoms with Crippen molar-refractivity contribution >= 4 is 7.37 Å². The molecule has 3 aliphatic heterocycles. The molecule has 3 fully saturated rings. The van der Waals surface area contributed by atoms with Crippen LogP contribution in [0.1, 0.15) is 47.5 Å². The van der Waals surface area contributed by atoms with Gasteiger partial charge >= 0.3 is 0 Å². The van der Waals surface area contributed by atoms with Gasteiger partial charge in [-0.15, -0.1) is 0 Å². The lowest BCUT2D eigenvalue weighted by molar-refractivity contribution is -0.174. The van der Waals surface area contributed by atoms with Gasteiger partial charge in [0.15, 0.2) is 17.4 Å². The van der Waals surface area contributed by atoms with Crippen LogP contribution >= 0.6 is 7.37 Å². The van der Waals surface area contributed by atoms with Gasteiger partial charge in [0.2, 0.25) is 7.37 Å². The molecule has 6 atom stereocenters. The van der Waals surface area contributed by atoms with Gasteiger partial charge in [0.25, 0.3) is 0 Å². The maximum absolute atomic E-state index is 13.3. The molecule has 0 aromatic rings. The minimum absolute atomic E-state index is 0.325. The molecule has 0 aliphatic carbocycles. The van der Waals surface area contributed by atoms with Crippen LogP contribution in [0.4, 0.5) is 0 Å². The quantitative estimate of drug-likeness (QED) is 0.767. The van der Waals surface area contributed by atoms with Crippen molar-refractivity contribution in [1.82, 2.24) is 0 Å². The summed E-state index contributed by atoms with van der Waals surface area (Å²) in [4.78, 5) is 0. The fraction of sp³-hybridized carbons (Fsp3) is 1.00. The van der Waals surface area contributed by atoms with E-state index in [1.807, 2.05) is 20.8 Å². The predicted octanol–water partition coefficient (Wildman–Crippen LogP) is 2.45. The van der Waals surface area contributed by atoms with E-state index >= 15 is 0 Å². The van der Waals surface area contributed by atoms with E-state index in [1.165, 1.54) is 0 Å². The smallest absolute Gasteiger partial charge is 0.233 e. The second-order valence-corrected chi connectivity index (χ2v) is 10.4. The van der Waals surface area contributed by atoms with E-state index in [4.69, 9.17) is 23.5 Å². The van der Waals surface area contributed by atoms with Crippen molar-refractivity contribution in [3.63, 3.8) is 0 Å². The third-order valence-electron chi connectivity index (χ3n) is 4.70. The average Bonchev–Trinajstić information content (AvgIpc) is 3.00. The summed E-state index contributed by atoms with van der Waals surface area (Å²) in [5.41, 5.74) is 0. The minimum atomic E-state index is -3.28. The molecule has 0 radical (unpaired) electrons. The third-order valence-corrected chi connectivity index (χ3v) is 7.34. The molecule has 0 spiro atoms. The second kappa shape index (κ2) is 6.31. The van der Waals surface area contributed by atoms with E-state index in [1.54, 1.807) is 13.8 Å². The number of rotatable bonds is 4. The first-order valence-electron chi connectivity index (χ1n) is 8.69. The van der Waals surface area contributed by atoms with Crippen molar-refractivity contribution < 1.29 is 33.1 Å². The predicted molar refractivity (Wildman–Crippen MR) is 87.0 cm³/mol. The summed E-state index contributed by atoms with van der Waals surface area (Å²) in [6.07, 6.45) is -0.314. The van der Waals surface area contributed by atoms with Crippen molar-refractivity contribution in [3.05, 3.63) is 0 Å². The van der Waals surface area contributed by atoms with Gasteiger partial charge in [-0.2, -0.15) is 0 Å². The third kappa shape index (κ3) is 3.45. The minimum Gasteiger partial charge on any atom is -0.380 e. The lowest BCUT2D eigenvalue weighted by Gasteiger charge is -2.41. The van der Waals surface area contributed by atoms with Crippen LogP contribution in [0.5, 0.6) is 0 Å². The van der Waals surface area contributed by atoms with Crippen LogP contribution in [0, 0.1) is 0 Å². The van der Waals surface area contributed by atoms with Crippen molar-refractivity contribution in [1.29, 1.82) is 0 Å². The lowest BCUT2D eigenvalue weighted by Crippen LogP contribution is -2.54. The summed E-state index contributed by atoms with van der Waals surface area (Å²) in [7, 11) is -3.28. The van der Waals surface area contributed by atoms with E-state index in [2.05, 4.69) is 0 Å². The zero-order valence-electron chi connectivity index (χ0n) is 15.1. The molecular weight excluding hydrogens is 335 g/mol. The number of unbranched alkanes of at least 4 members (excludes halogenated alkanes) is 1.